The normalized spacial score (nSPS) is 30.1. The zero-order chi connectivity index (χ0) is 29.3. The first-order valence-corrected chi connectivity index (χ1v) is 12.9. The number of primary amides is 1. The van der Waals surface area contributed by atoms with Gasteiger partial charge in [0, 0.05) is 30.7 Å². The van der Waals surface area contributed by atoms with Crippen molar-refractivity contribution in [1.29, 1.82) is 0 Å². The van der Waals surface area contributed by atoms with Crippen LogP contribution in [0.4, 0.5) is 13.2 Å². The van der Waals surface area contributed by atoms with E-state index in [1.54, 1.807) is 0 Å². The molecule has 1 aromatic rings. The summed E-state index contributed by atoms with van der Waals surface area (Å²) in [5.41, 5.74) is 0.556. The van der Waals surface area contributed by atoms with Crippen LogP contribution in [0.5, 0.6) is 5.75 Å². The second kappa shape index (κ2) is 9.60. The molecule has 1 aliphatic heterocycles. The number of hydrogen-bond acceptors (Lipinski definition) is 9. The molecule has 7 N–H and O–H groups in total. The zero-order valence-corrected chi connectivity index (χ0v) is 21.4. The van der Waals surface area contributed by atoms with Gasteiger partial charge in [-0.15, -0.1) is 0 Å². The average molecular weight is 567 g/mol. The van der Waals surface area contributed by atoms with E-state index in [1.807, 2.05) is 0 Å². The third-order valence-electron chi connectivity index (χ3n) is 8.71. The monoisotopic (exact) mass is 566 g/mol. The van der Waals surface area contributed by atoms with Crippen LogP contribution >= 0.6 is 0 Å². The molecule has 216 valence electrons. The fourth-order valence-electron chi connectivity index (χ4n) is 6.59. The van der Waals surface area contributed by atoms with E-state index in [9.17, 15) is 48.0 Å². The number of amides is 1. The van der Waals surface area contributed by atoms with E-state index in [-0.39, 0.29) is 35.6 Å². The Morgan fingerprint density at radius 3 is 2.42 bits per heavy atom. The fraction of sp³-hybridized carbons (Fsp3) is 0.519. The summed E-state index contributed by atoms with van der Waals surface area (Å²) in [6.07, 6.45) is -4.12. The predicted molar refractivity (Wildman–Crippen MR) is 132 cm³/mol. The Balaban J connectivity index is 1.67. The molecule has 13 heteroatoms. The lowest BCUT2D eigenvalue weighted by molar-refractivity contribution is -0.151. The first-order valence-electron chi connectivity index (χ1n) is 12.9. The van der Waals surface area contributed by atoms with Gasteiger partial charge in [-0.05, 0) is 55.7 Å². The lowest BCUT2D eigenvalue weighted by Crippen LogP contribution is -2.67. The lowest BCUT2D eigenvalue weighted by Gasteiger charge is -2.50. The molecule has 5 atom stereocenters. The Morgan fingerprint density at radius 1 is 1.18 bits per heavy atom. The van der Waals surface area contributed by atoms with Gasteiger partial charge in [-0.2, -0.15) is 13.2 Å². The SMILES string of the molecule is CC(c1ccc(O)c2c1C[C@H]1C[C@H]3[C@@H](NC4CCOCC4)C(=O)C(C(N)=O)=C(O)[C@@]3(O)C(=O)C1=C2O)C(F)(F)F. The molecule has 40 heavy (non-hydrogen) atoms. The van der Waals surface area contributed by atoms with Crippen LogP contribution in [0.3, 0.4) is 0 Å². The van der Waals surface area contributed by atoms with E-state index in [1.165, 1.54) is 0 Å². The summed E-state index contributed by atoms with van der Waals surface area (Å²) >= 11 is 0. The lowest BCUT2D eigenvalue weighted by atomic mass is 9.57. The summed E-state index contributed by atoms with van der Waals surface area (Å²) in [6.45, 7) is 1.69. The maximum atomic E-state index is 13.9. The molecular formula is C27H29F3N2O8. The van der Waals surface area contributed by atoms with Crippen LogP contribution in [0.1, 0.15) is 48.8 Å². The molecule has 3 aliphatic carbocycles. The van der Waals surface area contributed by atoms with Gasteiger partial charge in [0.1, 0.15) is 22.8 Å². The number of phenols is 1. The molecule has 1 saturated carbocycles. The van der Waals surface area contributed by atoms with Gasteiger partial charge >= 0.3 is 6.18 Å². The van der Waals surface area contributed by atoms with Crippen LogP contribution in [0.2, 0.25) is 0 Å². The summed E-state index contributed by atoms with van der Waals surface area (Å²) in [5, 5.41) is 47.5. The third-order valence-corrected chi connectivity index (χ3v) is 8.71. The minimum atomic E-state index is -4.64. The van der Waals surface area contributed by atoms with E-state index in [4.69, 9.17) is 10.5 Å². The second-order valence-corrected chi connectivity index (χ2v) is 10.9. The van der Waals surface area contributed by atoms with Gasteiger partial charge < -0.3 is 36.2 Å². The van der Waals surface area contributed by atoms with Crippen molar-refractivity contribution in [3.8, 4) is 5.75 Å². The van der Waals surface area contributed by atoms with Gasteiger partial charge in [-0.1, -0.05) is 6.07 Å². The zero-order valence-electron chi connectivity index (χ0n) is 21.4. The topological polar surface area (TPSA) is 179 Å². The van der Waals surface area contributed by atoms with Crippen molar-refractivity contribution in [1.82, 2.24) is 5.32 Å². The number of Topliss-reactive ketones (excluding diaryl/α,β-unsaturated/α-hetero) is 2. The highest BCUT2D eigenvalue weighted by atomic mass is 19.4. The molecule has 4 aliphatic rings. The van der Waals surface area contributed by atoms with E-state index in [0.29, 0.717) is 26.1 Å². The van der Waals surface area contributed by atoms with E-state index in [2.05, 4.69) is 5.32 Å². The first-order chi connectivity index (χ1) is 18.7. The van der Waals surface area contributed by atoms with Gasteiger partial charge in [-0.25, -0.2) is 0 Å². The number of fused-ring (bicyclic) bond motifs is 3. The number of ketones is 2. The van der Waals surface area contributed by atoms with Crippen LogP contribution in [0, 0.1) is 11.8 Å². The number of aliphatic hydroxyl groups excluding tert-OH is 2. The van der Waals surface area contributed by atoms with Crippen molar-refractivity contribution in [2.24, 2.45) is 17.6 Å². The van der Waals surface area contributed by atoms with Gasteiger partial charge in [0.2, 0.25) is 5.78 Å². The molecule has 1 amide bonds. The molecule has 5 rings (SSSR count). The average Bonchev–Trinajstić information content (AvgIpc) is 2.88. The summed E-state index contributed by atoms with van der Waals surface area (Å²) in [5.74, 6) is -10.4. The third kappa shape index (κ3) is 4.10. The van der Waals surface area contributed by atoms with Crippen molar-refractivity contribution in [2.75, 3.05) is 13.2 Å². The molecule has 2 fully saturated rings. The minimum absolute atomic E-state index is 0.0111. The Labute approximate surface area is 226 Å². The van der Waals surface area contributed by atoms with Crippen molar-refractivity contribution in [3.05, 3.63) is 45.7 Å². The molecule has 10 nitrogen and oxygen atoms in total. The number of nitrogens with one attached hydrogen (secondary N) is 1. The Morgan fingerprint density at radius 2 is 1.82 bits per heavy atom. The standard InChI is InChI=1S/C27H29F3N2O8/c1-10(27(28,29)30)13-2-3-16(33)18-14(13)8-11-9-15-20(32-12-4-6-40-7-5-12)22(35)19(25(31)38)24(37)26(15,39)23(36)17(11)21(18)34/h2-3,10-12,15,20,32-34,37,39H,4-9H2,1H3,(H2,31,38)/t10?,11-,15-,20+,26-/m0/s1. The number of aromatic hydroxyl groups is 1. The number of benzene rings is 1. The highest BCUT2D eigenvalue weighted by molar-refractivity contribution is 6.24. The maximum absolute atomic E-state index is 13.9. The van der Waals surface area contributed by atoms with Crippen LogP contribution in [0.25, 0.3) is 5.76 Å². The molecular weight excluding hydrogens is 537 g/mol. The van der Waals surface area contributed by atoms with E-state index >= 15 is 0 Å². The number of carbonyl (C=O) groups excluding carboxylic acids is 3. The van der Waals surface area contributed by atoms with Crippen LogP contribution < -0.4 is 11.1 Å². The second-order valence-electron chi connectivity index (χ2n) is 10.9. The van der Waals surface area contributed by atoms with Crippen molar-refractivity contribution >= 4 is 23.2 Å². The highest BCUT2D eigenvalue weighted by Gasteiger charge is 2.64. The molecule has 1 heterocycles. The van der Waals surface area contributed by atoms with Crippen molar-refractivity contribution < 1.29 is 52.7 Å². The summed E-state index contributed by atoms with van der Waals surface area (Å²) in [7, 11) is 0. The fourth-order valence-corrected chi connectivity index (χ4v) is 6.59. The molecule has 1 saturated heterocycles. The Hall–Kier alpha value is -3.42. The molecule has 0 bridgehead atoms. The number of alkyl halides is 3. The molecule has 0 radical (unpaired) electrons. The number of ether oxygens (including phenoxy) is 1. The van der Waals surface area contributed by atoms with Gasteiger partial charge in [0.05, 0.1) is 17.5 Å². The maximum Gasteiger partial charge on any atom is 0.395 e. The summed E-state index contributed by atoms with van der Waals surface area (Å²) < 4.78 is 46.4. The number of rotatable bonds is 4. The van der Waals surface area contributed by atoms with Crippen molar-refractivity contribution in [3.63, 3.8) is 0 Å². The van der Waals surface area contributed by atoms with E-state index < -0.39 is 81.5 Å². The largest absolute Gasteiger partial charge is 0.508 e. The Kier molecular flexibility index (Phi) is 6.75. The number of aliphatic hydroxyl groups is 3. The van der Waals surface area contributed by atoms with Gasteiger partial charge in [-0.3, -0.25) is 14.4 Å². The summed E-state index contributed by atoms with van der Waals surface area (Å²) in [6, 6.07) is 0.441. The number of halogens is 3. The van der Waals surface area contributed by atoms with Crippen LogP contribution in [0.15, 0.2) is 29.0 Å². The smallest absolute Gasteiger partial charge is 0.395 e. The minimum Gasteiger partial charge on any atom is -0.508 e. The number of carbonyl (C=O) groups is 3. The van der Waals surface area contributed by atoms with Gasteiger partial charge in [0.25, 0.3) is 5.91 Å². The van der Waals surface area contributed by atoms with Crippen molar-refractivity contribution in [2.45, 2.75) is 62.4 Å². The molecule has 1 aromatic carbocycles. The predicted octanol–water partition coefficient (Wildman–Crippen LogP) is 1.84. The summed E-state index contributed by atoms with van der Waals surface area (Å²) in [4.78, 5) is 39.5. The number of nitrogens with two attached hydrogens (primary N) is 1. The number of hydrogen-bond donors (Lipinski definition) is 6. The molecule has 0 spiro atoms. The first kappa shape index (κ1) is 28.1. The number of phenolic OH excluding ortho intramolecular Hbond substituents is 1. The van der Waals surface area contributed by atoms with E-state index in [0.717, 1.165) is 19.1 Å². The quantitative estimate of drug-likeness (QED) is 0.297. The van der Waals surface area contributed by atoms with Crippen LogP contribution in [-0.4, -0.2) is 75.0 Å². The van der Waals surface area contributed by atoms with Gasteiger partial charge in [0.15, 0.2) is 11.4 Å². The Bertz CT molecular complexity index is 1360. The molecule has 1 unspecified atom stereocenters. The van der Waals surface area contributed by atoms with Crippen LogP contribution in [-0.2, 0) is 25.5 Å². The highest BCUT2D eigenvalue weighted by Crippen LogP contribution is 2.53. The molecule has 0 aromatic heterocycles.